The van der Waals surface area contributed by atoms with Crippen LogP contribution in [0.5, 0.6) is 0 Å². The fourth-order valence-electron chi connectivity index (χ4n) is 4.76. The van der Waals surface area contributed by atoms with Gasteiger partial charge >= 0.3 is 0 Å². The molecule has 1 aliphatic carbocycles. The van der Waals surface area contributed by atoms with Crippen LogP contribution in [-0.4, -0.2) is 49.1 Å². The SMILES string of the molecule is CN1CCC(c2ccc(C[C@@H](C#N)NC(=O)C3NC4CCC3C4)s2)CC1. The van der Waals surface area contributed by atoms with Crippen LogP contribution in [0.15, 0.2) is 12.1 Å². The Morgan fingerprint density at radius 2 is 2.19 bits per heavy atom. The number of nitriles is 1. The van der Waals surface area contributed by atoms with Crippen molar-refractivity contribution in [3.63, 3.8) is 0 Å². The Hall–Kier alpha value is -1.42. The summed E-state index contributed by atoms with van der Waals surface area (Å²) in [4.78, 5) is 17.6. The maximum absolute atomic E-state index is 12.6. The molecule has 0 radical (unpaired) electrons. The zero-order chi connectivity index (χ0) is 18.1. The number of hydrogen-bond acceptors (Lipinski definition) is 5. The van der Waals surface area contributed by atoms with E-state index in [9.17, 15) is 10.1 Å². The van der Waals surface area contributed by atoms with Gasteiger partial charge in [0.15, 0.2) is 0 Å². The maximum Gasteiger partial charge on any atom is 0.238 e. The predicted octanol–water partition coefficient (Wildman–Crippen LogP) is 2.25. The fourth-order valence-corrected chi connectivity index (χ4v) is 5.99. The molecule has 4 atom stereocenters. The van der Waals surface area contributed by atoms with Gasteiger partial charge in [-0.15, -0.1) is 11.3 Å². The zero-order valence-electron chi connectivity index (χ0n) is 15.4. The molecule has 2 saturated heterocycles. The monoisotopic (exact) mass is 372 g/mol. The molecule has 3 unspecified atom stereocenters. The van der Waals surface area contributed by atoms with E-state index >= 15 is 0 Å². The van der Waals surface area contributed by atoms with Gasteiger partial charge in [-0.25, -0.2) is 0 Å². The third-order valence-electron chi connectivity index (χ3n) is 6.32. The van der Waals surface area contributed by atoms with Crippen LogP contribution in [0.2, 0.25) is 0 Å². The van der Waals surface area contributed by atoms with Crippen LogP contribution in [0.25, 0.3) is 0 Å². The van der Waals surface area contributed by atoms with E-state index in [1.54, 1.807) is 0 Å². The minimum atomic E-state index is -0.438. The van der Waals surface area contributed by atoms with Crippen molar-refractivity contribution in [3.8, 4) is 6.07 Å². The second-order valence-corrected chi connectivity index (χ2v) is 9.39. The Labute approximate surface area is 159 Å². The molecule has 4 rings (SSSR count). The summed E-state index contributed by atoms with van der Waals surface area (Å²) in [5.74, 6) is 1.12. The van der Waals surface area contributed by atoms with E-state index in [1.165, 1.54) is 29.0 Å². The smallest absolute Gasteiger partial charge is 0.238 e. The Morgan fingerprint density at radius 1 is 1.38 bits per heavy atom. The summed E-state index contributed by atoms with van der Waals surface area (Å²) in [6.07, 6.45) is 6.47. The summed E-state index contributed by atoms with van der Waals surface area (Å²) in [5, 5.41) is 15.9. The molecule has 2 bridgehead atoms. The summed E-state index contributed by atoms with van der Waals surface area (Å²) in [7, 11) is 2.18. The number of nitrogens with zero attached hydrogens (tertiary/aromatic N) is 2. The van der Waals surface area contributed by atoms with E-state index in [1.807, 2.05) is 11.3 Å². The zero-order valence-corrected chi connectivity index (χ0v) is 16.2. The van der Waals surface area contributed by atoms with Gasteiger partial charge in [-0.05, 0) is 76.2 Å². The Morgan fingerprint density at radius 3 is 2.85 bits per heavy atom. The molecule has 0 aromatic carbocycles. The number of thiophene rings is 1. The Kier molecular flexibility index (Phi) is 5.30. The highest BCUT2D eigenvalue weighted by atomic mass is 32.1. The van der Waals surface area contributed by atoms with E-state index in [2.05, 4.69) is 40.8 Å². The highest BCUT2D eigenvalue weighted by Crippen LogP contribution is 2.35. The van der Waals surface area contributed by atoms with E-state index in [-0.39, 0.29) is 11.9 Å². The van der Waals surface area contributed by atoms with Crippen LogP contribution in [-0.2, 0) is 11.2 Å². The number of likely N-dealkylation sites (tertiary alicyclic amines) is 1. The average Bonchev–Trinajstić information content (AvgIpc) is 3.38. The first-order valence-corrected chi connectivity index (χ1v) is 10.7. The van der Waals surface area contributed by atoms with Crippen molar-refractivity contribution in [2.75, 3.05) is 20.1 Å². The van der Waals surface area contributed by atoms with Crippen LogP contribution >= 0.6 is 11.3 Å². The number of carbonyl (C=O) groups is 1. The van der Waals surface area contributed by atoms with Crippen LogP contribution in [0, 0.1) is 17.2 Å². The van der Waals surface area contributed by atoms with Crippen molar-refractivity contribution >= 4 is 17.2 Å². The number of nitrogens with one attached hydrogen (secondary N) is 2. The molecule has 3 aliphatic rings. The van der Waals surface area contributed by atoms with Crippen molar-refractivity contribution < 1.29 is 4.79 Å². The van der Waals surface area contributed by atoms with Gasteiger partial charge in [0.2, 0.25) is 5.91 Å². The minimum Gasteiger partial charge on any atom is -0.339 e. The standard InChI is InChI=1S/C20H28N4OS/c1-24-8-6-13(7-9-24)18-5-4-17(26-18)11-16(12-21)23-20(25)19-14-2-3-15(10-14)22-19/h4-5,13-16,19,22H,2-3,6-11H2,1H3,(H,23,25)/t14?,15?,16-,19?/m0/s1. The van der Waals surface area contributed by atoms with E-state index in [0.29, 0.717) is 24.3 Å². The number of rotatable bonds is 5. The van der Waals surface area contributed by atoms with E-state index < -0.39 is 6.04 Å². The van der Waals surface area contributed by atoms with Crippen molar-refractivity contribution in [1.29, 1.82) is 5.26 Å². The first kappa shape index (κ1) is 18.0. The number of hydrogen-bond donors (Lipinski definition) is 2. The maximum atomic E-state index is 12.6. The molecular formula is C20H28N4OS. The number of piperidine rings is 2. The molecule has 3 heterocycles. The summed E-state index contributed by atoms with van der Waals surface area (Å²) >= 11 is 1.82. The first-order chi connectivity index (χ1) is 12.6. The van der Waals surface area contributed by atoms with Crippen molar-refractivity contribution in [2.45, 2.75) is 62.6 Å². The highest BCUT2D eigenvalue weighted by molar-refractivity contribution is 7.12. The molecule has 1 aromatic rings. The van der Waals surface area contributed by atoms with Crippen molar-refractivity contribution in [1.82, 2.24) is 15.5 Å². The first-order valence-electron chi connectivity index (χ1n) is 9.85. The second-order valence-electron chi connectivity index (χ2n) is 8.19. The van der Waals surface area contributed by atoms with E-state index in [4.69, 9.17) is 0 Å². The molecule has 5 nitrogen and oxygen atoms in total. The normalized spacial score (nSPS) is 30.2. The van der Waals surface area contributed by atoms with Crippen LogP contribution in [0.4, 0.5) is 0 Å². The molecule has 26 heavy (non-hydrogen) atoms. The average molecular weight is 373 g/mol. The largest absolute Gasteiger partial charge is 0.339 e. The molecule has 6 heteroatoms. The second kappa shape index (κ2) is 7.67. The van der Waals surface area contributed by atoms with Crippen molar-refractivity contribution in [3.05, 3.63) is 21.9 Å². The van der Waals surface area contributed by atoms with Gasteiger partial charge in [-0.2, -0.15) is 5.26 Å². The van der Waals surface area contributed by atoms with Gasteiger partial charge in [-0.1, -0.05) is 0 Å². The van der Waals surface area contributed by atoms with Crippen LogP contribution < -0.4 is 10.6 Å². The lowest BCUT2D eigenvalue weighted by molar-refractivity contribution is -0.124. The Balaban J connectivity index is 1.32. The quantitative estimate of drug-likeness (QED) is 0.832. The van der Waals surface area contributed by atoms with Crippen LogP contribution in [0.3, 0.4) is 0 Å². The summed E-state index contributed by atoms with van der Waals surface area (Å²) in [5.41, 5.74) is 0. The van der Waals surface area contributed by atoms with Gasteiger partial charge in [-0.3, -0.25) is 4.79 Å². The molecular weight excluding hydrogens is 344 g/mol. The molecule has 2 aliphatic heterocycles. The van der Waals surface area contributed by atoms with Gasteiger partial charge < -0.3 is 15.5 Å². The predicted molar refractivity (Wildman–Crippen MR) is 103 cm³/mol. The molecule has 1 aromatic heterocycles. The Bertz CT molecular complexity index is 688. The molecule has 2 N–H and O–H groups in total. The minimum absolute atomic E-state index is 0.0100. The number of fused-ring (bicyclic) bond motifs is 2. The number of carbonyl (C=O) groups excluding carboxylic acids is 1. The van der Waals surface area contributed by atoms with Gasteiger partial charge in [0.25, 0.3) is 0 Å². The van der Waals surface area contributed by atoms with E-state index in [0.717, 1.165) is 25.9 Å². The van der Waals surface area contributed by atoms with Gasteiger partial charge in [0.1, 0.15) is 6.04 Å². The molecule has 140 valence electrons. The van der Waals surface area contributed by atoms with Crippen LogP contribution in [0.1, 0.15) is 47.8 Å². The lowest BCUT2D eigenvalue weighted by Crippen LogP contribution is -2.50. The molecule has 1 amide bonds. The number of amides is 1. The van der Waals surface area contributed by atoms with Gasteiger partial charge in [0, 0.05) is 22.2 Å². The summed E-state index contributed by atoms with van der Waals surface area (Å²) < 4.78 is 0. The third-order valence-corrected chi connectivity index (χ3v) is 7.59. The highest BCUT2D eigenvalue weighted by Gasteiger charge is 2.43. The molecule has 3 fully saturated rings. The molecule has 1 saturated carbocycles. The third kappa shape index (κ3) is 3.80. The van der Waals surface area contributed by atoms with Gasteiger partial charge in [0.05, 0.1) is 12.1 Å². The lowest BCUT2D eigenvalue weighted by Gasteiger charge is -2.28. The topological polar surface area (TPSA) is 68.2 Å². The summed E-state index contributed by atoms with van der Waals surface area (Å²) in [6.45, 7) is 2.32. The summed E-state index contributed by atoms with van der Waals surface area (Å²) in [6, 6.07) is 6.63. The molecule has 0 spiro atoms. The lowest BCUT2D eigenvalue weighted by atomic mass is 9.96. The fraction of sp³-hybridized carbons (Fsp3) is 0.700. The van der Waals surface area contributed by atoms with Crippen molar-refractivity contribution in [2.24, 2.45) is 5.92 Å².